The van der Waals surface area contributed by atoms with Crippen molar-refractivity contribution in [2.45, 2.75) is 26.7 Å². The molecule has 1 N–H and O–H groups in total. The summed E-state index contributed by atoms with van der Waals surface area (Å²) in [6, 6.07) is 0. The lowest BCUT2D eigenvalue weighted by atomic mass is 10.3. The minimum Gasteiger partial charge on any atom is -0.461 e. The van der Waals surface area contributed by atoms with Gasteiger partial charge in [-0.05, 0) is 26.7 Å². The molecule has 0 atom stereocenters. The number of anilines is 1. The van der Waals surface area contributed by atoms with E-state index in [0.29, 0.717) is 25.5 Å². The van der Waals surface area contributed by atoms with E-state index in [4.69, 9.17) is 14.2 Å². The van der Waals surface area contributed by atoms with Crippen LogP contribution in [0.4, 0.5) is 5.13 Å². The maximum Gasteiger partial charge on any atom is 0.358 e. The number of aryl methyl sites for hydroxylation is 1. The number of nitrogens with zero attached hydrogens (tertiary/aromatic N) is 1. The fraction of sp³-hybridized carbons (Fsp3) is 0.714. The van der Waals surface area contributed by atoms with Gasteiger partial charge in [0.2, 0.25) is 0 Å². The molecule has 0 aliphatic carbocycles. The zero-order chi connectivity index (χ0) is 15.5. The molecule has 1 aromatic heterocycles. The van der Waals surface area contributed by atoms with E-state index in [0.717, 1.165) is 36.0 Å². The van der Waals surface area contributed by atoms with Crippen LogP contribution in [0, 0.1) is 6.92 Å². The number of nitrogens with one attached hydrogen (secondary N) is 1. The summed E-state index contributed by atoms with van der Waals surface area (Å²) in [5, 5.41) is 3.98. The van der Waals surface area contributed by atoms with Crippen molar-refractivity contribution in [3.05, 3.63) is 10.6 Å². The topological polar surface area (TPSA) is 69.7 Å². The standard InChI is InChI=1S/C14H24N2O4S/c1-4-20-13(17)12-11(2)21-14(16-12)15-7-5-6-8-19-10-9-18-3/h4-10H2,1-3H3,(H,15,16). The first kappa shape index (κ1) is 17.9. The van der Waals surface area contributed by atoms with Crippen molar-refractivity contribution < 1.29 is 19.0 Å². The monoisotopic (exact) mass is 316 g/mol. The Morgan fingerprint density at radius 3 is 2.81 bits per heavy atom. The molecule has 120 valence electrons. The van der Waals surface area contributed by atoms with E-state index in [-0.39, 0.29) is 5.97 Å². The number of carbonyl (C=O) groups is 1. The number of carbonyl (C=O) groups excluding carboxylic acids is 1. The molecule has 21 heavy (non-hydrogen) atoms. The molecule has 6 nitrogen and oxygen atoms in total. The number of thiazole rings is 1. The van der Waals surface area contributed by atoms with Crippen LogP contribution in [0.5, 0.6) is 0 Å². The van der Waals surface area contributed by atoms with Gasteiger partial charge in [0.25, 0.3) is 0 Å². The second-order valence-corrected chi connectivity index (χ2v) is 5.59. The van der Waals surface area contributed by atoms with E-state index in [2.05, 4.69) is 10.3 Å². The molecular weight excluding hydrogens is 292 g/mol. The van der Waals surface area contributed by atoms with Crippen molar-refractivity contribution >= 4 is 22.4 Å². The number of methoxy groups -OCH3 is 1. The van der Waals surface area contributed by atoms with Crippen molar-refractivity contribution in [1.82, 2.24) is 4.98 Å². The molecule has 0 fully saturated rings. The summed E-state index contributed by atoms with van der Waals surface area (Å²) in [6.07, 6.45) is 1.96. The average molecular weight is 316 g/mol. The number of aromatic nitrogens is 1. The third-order valence-corrected chi connectivity index (χ3v) is 3.62. The van der Waals surface area contributed by atoms with Gasteiger partial charge in [-0.1, -0.05) is 0 Å². The van der Waals surface area contributed by atoms with Crippen LogP contribution in [0.3, 0.4) is 0 Å². The zero-order valence-electron chi connectivity index (χ0n) is 12.9. The first-order valence-corrected chi connectivity index (χ1v) is 7.95. The molecule has 0 aromatic carbocycles. The van der Waals surface area contributed by atoms with Gasteiger partial charge in [0.15, 0.2) is 10.8 Å². The Labute approximate surface area is 129 Å². The van der Waals surface area contributed by atoms with Gasteiger partial charge >= 0.3 is 5.97 Å². The highest BCUT2D eigenvalue weighted by molar-refractivity contribution is 7.15. The number of rotatable bonds is 11. The van der Waals surface area contributed by atoms with E-state index < -0.39 is 0 Å². The summed E-state index contributed by atoms with van der Waals surface area (Å²) in [7, 11) is 1.66. The molecule has 0 aliphatic rings. The van der Waals surface area contributed by atoms with Crippen LogP contribution in [0.2, 0.25) is 0 Å². The van der Waals surface area contributed by atoms with E-state index >= 15 is 0 Å². The van der Waals surface area contributed by atoms with Crippen LogP contribution in [0.15, 0.2) is 0 Å². The van der Waals surface area contributed by atoms with Crippen molar-refractivity contribution in [1.29, 1.82) is 0 Å². The summed E-state index contributed by atoms with van der Waals surface area (Å²) in [5.74, 6) is -0.356. The minimum atomic E-state index is -0.356. The normalized spacial score (nSPS) is 10.6. The molecule has 7 heteroatoms. The number of hydrogen-bond acceptors (Lipinski definition) is 7. The molecule has 0 radical (unpaired) electrons. The maximum atomic E-state index is 11.6. The lowest BCUT2D eigenvalue weighted by Crippen LogP contribution is -2.08. The third-order valence-electron chi connectivity index (χ3n) is 2.69. The van der Waals surface area contributed by atoms with Crippen LogP contribution in [-0.4, -0.2) is 51.0 Å². The molecule has 0 aliphatic heterocycles. The summed E-state index contributed by atoms with van der Waals surface area (Å²) < 4.78 is 15.2. The summed E-state index contributed by atoms with van der Waals surface area (Å²) in [4.78, 5) is 16.8. The molecule has 0 amide bonds. The fourth-order valence-electron chi connectivity index (χ4n) is 1.63. The van der Waals surface area contributed by atoms with Gasteiger partial charge in [-0.15, -0.1) is 11.3 Å². The van der Waals surface area contributed by atoms with Crippen LogP contribution in [0.25, 0.3) is 0 Å². The van der Waals surface area contributed by atoms with E-state index in [9.17, 15) is 4.79 Å². The molecule has 0 bridgehead atoms. The van der Waals surface area contributed by atoms with Gasteiger partial charge in [-0.3, -0.25) is 0 Å². The highest BCUT2D eigenvalue weighted by atomic mass is 32.1. The van der Waals surface area contributed by atoms with E-state index in [1.165, 1.54) is 11.3 Å². The largest absolute Gasteiger partial charge is 0.461 e. The highest BCUT2D eigenvalue weighted by Gasteiger charge is 2.15. The third kappa shape index (κ3) is 6.88. The van der Waals surface area contributed by atoms with Gasteiger partial charge < -0.3 is 19.5 Å². The highest BCUT2D eigenvalue weighted by Crippen LogP contribution is 2.22. The van der Waals surface area contributed by atoms with Gasteiger partial charge in [0.05, 0.1) is 19.8 Å². The summed E-state index contributed by atoms with van der Waals surface area (Å²) >= 11 is 1.47. The minimum absolute atomic E-state index is 0.356. The molecule has 0 unspecified atom stereocenters. The fourth-order valence-corrected chi connectivity index (χ4v) is 2.46. The van der Waals surface area contributed by atoms with Crippen LogP contribution >= 0.6 is 11.3 Å². The maximum absolute atomic E-state index is 11.6. The lowest BCUT2D eigenvalue weighted by molar-refractivity contribution is 0.0519. The van der Waals surface area contributed by atoms with Crippen LogP contribution < -0.4 is 5.32 Å². The van der Waals surface area contributed by atoms with E-state index in [1.54, 1.807) is 14.0 Å². The van der Waals surface area contributed by atoms with Crippen molar-refractivity contribution in [3.63, 3.8) is 0 Å². The molecule has 1 heterocycles. The number of esters is 1. The first-order chi connectivity index (χ1) is 10.2. The van der Waals surface area contributed by atoms with Crippen molar-refractivity contribution in [2.24, 2.45) is 0 Å². The number of ether oxygens (including phenoxy) is 3. The summed E-state index contributed by atoms with van der Waals surface area (Å²) in [6.45, 7) is 6.83. The Kier molecular flexibility index (Phi) is 8.96. The van der Waals surface area contributed by atoms with Crippen molar-refractivity contribution in [2.75, 3.05) is 45.4 Å². The SMILES string of the molecule is CCOC(=O)c1nc(NCCCCOCCOC)sc1C. The molecule has 0 saturated heterocycles. The Morgan fingerprint density at radius 1 is 1.29 bits per heavy atom. The predicted octanol–water partition coefficient (Wildman–Crippen LogP) is 2.48. The first-order valence-electron chi connectivity index (χ1n) is 7.14. The van der Waals surface area contributed by atoms with E-state index in [1.807, 2.05) is 6.92 Å². The lowest BCUT2D eigenvalue weighted by Gasteiger charge is -2.04. The Balaban J connectivity index is 2.21. The second-order valence-electron chi connectivity index (χ2n) is 4.38. The van der Waals surface area contributed by atoms with Crippen molar-refractivity contribution in [3.8, 4) is 0 Å². The predicted molar refractivity (Wildman–Crippen MR) is 83.2 cm³/mol. The molecule has 0 spiro atoms. The molecule has 1 rings (SSSR count). The average Bonchev–Trinajstić information content (AvgIpc) is 2.83. The van der Waals surface area contributed by atoms with Gasteiger partial charge in [-0.25, -0.2) is 9.78 Å². The van der Waals surface area contributed by atoms with Gasteiger partial charge in [-0.2, -0.15) is 0 Å². The molecular formula is C14H24N2O4S. The molecule has 1 aromatic rings. The van der Waals surface area contributed by atoms with Crippen LogP contribution in [-0.2, 0) is 14.2 Å². The second kappa shape index (κ2) is 10.5. The number of unbranched alkanes of at least 4 members (excludes halogenated alkanes) is 1. The number of hydrogen-bond donors (Lipinski definition) is 1. The van der Waals surface area contributed by atoms with Gasteiger partial charge in [0, 0.05) is 25.1 Å². The Hall–Kier alpha value is -1.18. The van der Waals surface area contributed by atoms with Crippen LogP contribution in [0.1, 0.15) is 35.1 Å². The molecule has 0 saturated carbocycles. The Morgan fingerprint density at radius 2 is 2.10 bits per heavy atom. The summed E-state index contributed by atoms with van der Waals surface area (Å²) in [5.41, 5.74) is 0.409. The quantitative estimate of drug-likeness (QED) is 0.499. The zero-order valence-corrected chi connectivity index (χ0v) is 13.8. The van der Waals surface area contributed by atoms with Gasteiger partial charge in [0.1, 0.15) is 0 Å². The Bertz CT molecular complexity index is 423. The smallest absolute Gasteiger partial charge is 0.358 e.